The Labute approximate surface area is 157 Å². The molecule has 0 aliphatic rings. The Hall–Kier alpha value is -1.98. The van der Waals surface area contributed by atoms with Gasteiger partial charge in [0.2, 0.25) is 0 Å². The molecule has 0 N–H and O–H groups in total. The van der Waals surface area contributed by atoms with E-state index >= 15 is 0 Å². The molecule has 28 heavy (non-hydrogen) atoms. The minimum absolute atomic E-state index is 0.0617. The van der Waals surface area contributed by atoms with Crippen LogP contribution in [-0.4, -0.2) is 42.2 Å². The van der Waals surface area contributed by atoms with Gasteiger partial charge in [0.15, 0.2) is 0 Å². The number of carbonyl (C=O) groups is 1. The molecule has 0 aliphatic heterocycles. The van der Waals surface area contributed by atoms with Gasteiger partial charge in [0.1, 0.15) is 5.71 Å². The summed E-state index contributed by atoms with van der Waals surface area (Å²) >= 11 is 5.53. The molecule has 0 aromatic heterocycles. The Morgan fingerprint density at radius 3 is 1.89 bits per heavy atom. The number of ether oxygens (including phenoxy) is 1. The predicted molar refractivity (Wildman–Crippen MR) is 80.7 cm³/mol. The summed E-state index contributed by atoms with van der Waals surface area (Å²) in [5, 5.41) is 0.0617. The van der Waals surface area contributed by atoms with Crippen LogP contribution in [0.3, 0.4) is 0 Å². The Balaban J connectivity index is 3.52. The molecule has 0 fully saturated rings. The Kier molecular flexibility index (Phi) is 7.02. The SMILES string of the molecule is CCOC(=O)CC(=Nc1ccc(Cl)cc1)C(F)(F)C(F)(F)C(F)(F)C(F)(F)F. The molecule has 0 radical (unpaired) electrons. The van der Waals surface area contributed by atoms with Crippen molar-refractivity contribution < 1.29 is 49.0 Å². The molecular weight excluding hydrogens is 433 g/mol. The van der Waals surface area contributed by atoms with Crippen LogP contribution < -0.4 is 0 Å². The van der Waals surface area contributed by atoms with E-state index in [1.165, 1.54) is 6.92 Å². The minimum atomic E-state index is -7.11. The van der Waals surface area contributed by atoms with E-state index in [4.69, 9.17) is 11.6 Å². The zero-order chi connectivity index (χ0) is 22.0. The fourth-order valence-electron chi connectivity index (χ4n) is 1.80. The van der Waals surface area contributed by atoms with Crippen molar-refractivity contribution in [3.8, 4) is 0 Å². The molecule has 1 aromatic rings. The second kappa shape index (κ2) is 8.18. The lowest BCUT2D eigenvalue weighted by atomic mass is 9.97. The third kappa shape index (κ3) is 4.70. The van der Waals surface area contributed by atoms with Crippen LogP contribution in [0.25, 0.3) is 0 Å². The summed E-state index contributed by atoms with van der Waals surface area (Å²) < 4.78 is 123. The number of nitrogens with zero attached hydrogens (tertiary/aromatic N) is 1. The molecule has 158 valence electrons. The standard InChI is InChI=1S/C15H11ClF9NO2/c1-2-28-11(27)7-10(26-9-5-3-8(16)4-6-9)12(17,18)13(19,20)14(21,22)15(23,24)25/h3-6H,2,7H2,1H3. The van der Waals surface area contributed by atoms with E-state index in [2.05, 4.69) is 9.73 Å². The zero-order valence-corrected chi connectivity index (χ0v) is 14.5. The normalized spacial score (nSPS) is 14.2. The lowest BCUT2D eigenvalue weighted by Crippen LogP contribution is -2.63. The highest BCUT2D eigenvalue weighted by Crippen LogP contribution is 2.53. The van der Waals surface area contributed by atoms with Gasteiger partial charge in [0.05, 0.1) is 18.7 Å². The van der Waals surface area contributed by atoms with E-state index in [0.29, 0.717) is 0 Å². The van der Waals surface area contributed by atoms with Crippen molar-refractivity contribution in [1.82, 2.24) is 0 Å². The quantitative estimate of drug-likeness (QED) is 0.302. The summed E-state index contributed by atoms with van der Waals surface area (Å²) in [6.07, 6.45) is -8.75. The molecule has 0 amide bonds. The largest absolute Gasteiger partial charge is 0.466 e. The summed E-state index contributed by atoms with van der Waals surface area (Å²) in [6, 6.07) is 3.90. The molecule has 0 bridgehead atoms. The Morgan fingerprint density at radius 1 is 0.964 bits per heavy atom. The number of halogens is 10. The lowest BCUT2D eigenvalue weighted by Gasteiger charge is -2.34. The highest BCUT2D eigenvalue weighted by Gasteiger charge is 2.82. The van der Waals surface area contributed by atoms with Crippen molar-refractivity contribution in [3.63, 3.8) is 0 Å². The van der Waals surface area contributed by atoms with Crippen molar-refractivity contribution in [1.29, 1.82) is 0 Å². The van der Waals surface area contributed by atoms with Gasteiger partial charge >= 0.3 is 29.9 Å². The third-order valence-electron chi connectivity index (χ3n) is 3.21. The van der Waals surface area contributed by atoms with Crippen molar-refractivity contribution in [2.24, 2.45) is 4.99 Å². The second-order valence-electron chi connectivity index (χ2n) is 5.24. The Morgan fingerprint density at radius 2 is 1.46 bits per heavy atom. The first kappa shape index (κ1) is 24.1. The van der Waals surface area contributed by atoms with E-state index in [1.807, 2.05) is 0 Å². The van der Waals surface area contributed by atoms with Gasteiger partial charge in [-0.3, -0.25) is 9.79 Å². The average Bonchev–Trinajstić information content (AvgIpc) is 2.55. The molecular formula is C15H11ClF9NO2. The first-order valence-electron chi connectivity index (χ1n) is 7.27. The maximum atomic E-state index is 14.2. The molecule has 13 heteroatoms. The monoisotopic (exact) mass is 443 g/mol. The van der Waals surface area contributed by atoms with Crippen molar-refractivity contribution in [3.05, 3.63) is 29.3 Å². The van der Waals surface area contributed by atoms with Gasteiger partial charge in [0, 0.05) is 5.02 Å². The fraction of sp³-hybridized carbons (Fsp3) is 0.467. The number of benzene rings is 1. The van der Waals surface area contributed by atoms with Gasteiger partial charge in [-0.1, -0.05) is 11.6 Å². The molecule has 0 aliphatic carbocycles. The highest BCUT2D eigenvalue weighted by molar-refractivity contribution is 6.30. The van der Waals surface area contributed by atoms with Gasteiger partial charge < -0.3 is 4.74 Å². The molecule has 0 unspecified atom stereocenters. The molecule has 1 aromatic carbocycles. The van der Waals surface area contributed by atoms with Gasteiger partial charge in [0.25, 0.3) is 0 Å². The fourth-order valence-corrected chi connectivity index (χ4v) is 1.92. The van der Waals surface area contributed by atoms with Crippen LogP contribution >= 0.6 is 11.6 Å². The van der Waals surface area contributed by atoms with E-state index in [9.17, 15) is 44.3 Å². The predicted octanol–water partition coefficient (Wildman–Crippen LogP) is 5.83. The van der Waals surface area contributed by atoms with Crippen LogP contribution in [0.1, 0.15) is 13.3 Å². The maximum absolute atomic E-state index is 14.2. The maximum Gasteiger partial charge on any atom is 0.460 e. The highest BCUT2D eigenvalue weighted by atomic mass is 35.5. The van der Waals surface area contributed by atoms with Gasteiger partial charge in [-0.05, 0) is 31.2 Å². The molecule has 0 saturated heterocycles. The molecule has 1 rings (SSSR count). The van der Waals surface area contributed by atoms with Crippen molar-refractivity contribution in [2.75, 3.05) is 6.61 Å². The number of carbonyl (C=O) groups excluding carboxylic acids is 1. The zero-order valence-electron chi connectivity index (χ0n) is 13.8. The Bertz CT molecular complexity index is 730. The number of rotatable bonds is 7. The lowest BCUT2D eigenvalue weighted by molar-refractivity contribution is -0.385. The molecule has 0 atom stereocenters. The van der Waals surface area contributed by atoms with Crippen LogP contribution in [0, 0.1) is 0 Å². The molecule has 3 nitrogen and oxygen atoms in total. The van der Waals surface area contributed by atoms with Gasteiger partial charge in [-0.15, -0.1) is 0 Å². The number of alkyl halides is 9. The molecule has 0 spiro atoms. The van der Waals surface area contributed by atoms with Crippen LogP contribution in [0.2, 0.25) is 5.02 Å². The first-order chi connectivity index (χ1) is 12.6. The molecule has 0 saturated carbocycles. The van der Waals surface area contributed by atoms with Gasteiger partial charge in [-0.25, -0.2) is 0 Å². The summed E-state index contributed by atoms with van der Waals surface area (Å²) in [5.41, 5.74) is -2.78. The molecule has 0 heterocycles. The minimum Gasteiger partial charge on any atom is -0.466 e. The van der Waals surface area contributed by atoms with Crippen molar-refractivity contribution in [2.45, 2.75) is 37.3 Å². The summed E-state index contributed by atoms with van der Waals surface area (Å²) in [5.74, 6) is -21.8. The van der Waals surface area contributed by atoms with E-state index in [-0.39, 0.29) is 5.02 Å². The summed E-state index contributed by atoms with van der Waals surface area (Å²) in [4.78, 5) is 14.4. The van der Waals surface area contributed by atoms with E-state index < -0.39 is 54.3 Å². The smallest absolute Gasteiger partial charge is 0.460 e. The number of hydrogen-bond acceptors (Lipinski definition) is 3. The van der Waals surface area contributed by atoms with Crippen LogP contribution in [0.15, 0.2) is 29.3 Å². The second-order valence-corrected chi connectivity index (χ2v) is 5.67. The first-order valence-corrected chi connectivity index (χ1v) is 7.65. The van der Waals surface area contributed by atoms with Gasteiger partial charge in [-0.2, -0.15) is 39.5 Å². The number of esters is 1. The van der Waals surface area contributed by atoms with Crippen LogP contribution in [0.4, 0.5) is 45.2 Å². The number of aliphatic imine (C=N–C) groups is 1. The average molecular weight is 444 g/mol. The van der Waals surface area contributed by atoms with E-state index in [0.717, 1.165) is 24.3 Å². The topological polar surface area (TPSA) is 38.7 Å². The summed E-state index contributed by atoms with van der Waals surface area (Å²) in [7, 11) is 0. The third-order valence-corrected chi connectivity index (χ3v) is 3.47. The number of hydrogen-bond donors (Lipinski definition) is 0. The van der Waals surface area contributed by atoms with Crippen LogP contribution in [0.5, 0.6) is 0 Å². The summed E-state index contributed by atoms with van der Waals surface area (Å²) in [6.45, 7) is 0.826. The van der Waals surface area contributed by atoms with E-state index in [1.54, 1.807) is 0 Å². The van der Waals surface area contributed by atoms with Crippen molar-refractivity contribution >= 4 is 29.0 Å². The van der Waals surface area contributed by atoms with Crippen LogP contribution in [-0.2, 0) is 9.53 Å².